The van der Waals surface area contributed by atoms with Crippen LogP contribution in [0.4, 0.5) is 14.5 Å². The molecular weight excluding hydrogens is 332 g/mol. The lowest BCUT2D eigenvalue weighted by atomic mass is 10.2. The van der Waals surface area contributed by atoms with Gasteiger partial charge in [-0.25, -0.2) is 13.6 Å². The Labute approximate surface area is 122 Å². The Bertz CT molecular complexity index is 621. The summed E-state index contributed by atoms with van der Waals surface area (Å²) in [7, 11) is 0. The summed E-state index contributed by atoms with van der Waals surface area (Å²) in [6.07, 6.45) is 0. The average Bonchev–Trinajstić information content (AvgIpc) is 2.33. The monoisotopic (exact) mass is 341 g/mol. The molecule has 2 rings (SSSR count). The molecule has 0 aliphatic rings. The van der Waals surface area contributed by atoms with Crippen LogP contribution < -0.4 is 5.73 Å². The third-order valence-corrected chi connectivity index (χ3v) is 2.91. The molecule has 0 amide bonds. The summed E-state index contributed by atoms with van der Waals surface area (Å²) >= 11 is 3.14. The summed E-state index contributed by atoms with van der Waals surface area (Å²) in [5.41, 5.74) is 6.06. The van der Waals surface area contributed by atoms with Crippen LogP contribution in [0.15, 0.2) is 40.9 Å². The fraction of sp³-hybridized carbons (Fsp3) is 0.0714. The highest BCUT2D eigenvalue weighted by Crippen LogP contribution is 2.17. The molecule has 0 saturated heterocycles. The van der Waals surface area contributed by atoms with Gasteiger partial charge in [-0.1, -0.05) is 15.9 Å². The van der Waals surface area contributed by atoms with E-state index in [0.717, 1.165) is 12.1 Å². The van der Waals surface area contributed by atoms with Gasteiger partial charge in [0.05, 0.1) is 5.56 Å². The van der Waals surface area contributed by atoms with Crippen molar-refractivity contribution in [1.29, 1.82) is 0 Å². The van der Waals surface area contributed by atoms with Gasteiger partial charge in [-0.3, -0.25) is 0 Å². The number of anilines is 1. The fourth-order valence-electron chi connectivity index (χ4n) is 1.66. The van der Waals surface area contributed by atoms with E-state index in [1.165, 1.54) is 18.2 Å². The van der Waals surface area contributed by atoms with Gasteiger partial charge >= 0.3 is 5.97 Å². The number of nitrogens with two attached hydrogens (primary N) is 1. The molecule has 0 aliphatic heterocycles. The zero-order chi connectivity index (χ0) is 14.7. The van der Waals surface area contributed by atoms with Gasteiger partial charge in [0.1, 0.15) is 18.2 Å². The number of carbonyl (C=O) groups is 1. The van der Waals surface area contributed by atoms with E-state index in [9.17, 15) is 13.6 Å². The predicted molar refractivity (Wildman–Crippen MR) is 74.0 cm³/mol. The van der Waals surface area contributed by atoms with E-state index in [1.54, 1.807) is 6.07 Å². The molecule has 2 N–H and O–H groups in total. The third-order valence-electron chi connectivity index (χ3n) is 2.45. The van der Waals surface area contributed by atoms with Crippen molar-refractivity contribution in [2.45, 2.75) is 6.61 Å². The van der Waals surface area contributed by atoms with E-state index in [-0.39, 0.29) is 17.9 Å². The van der Waals surface area contributed by atoms with Crippen LogP contribution >= 0.6 is 15.9 Å². The van der Waals surface area contributed by atoms with Gasteiger partial charge in [0, 0.05) is 10.2 Å². The molecule has 20 heavy (non-hydrogen) atoms. The van der Waals surface area contributed by atoms with Crippen molar-refractivity contribution in [2.24, 2.45) is 0 Å². The summed E-state index contributed by atoms with van der Waals surface area (Å²) in [5.74, 6) is -1.79. The van der Waals surface area contributed by atoms with E-state index in [2.05, 4.69) is 15.9 Å². The van der Waals surface area contributed by atoms with Crippen molar-refractivity contribution in [3.63, 3.8) is 0 Å². The second-order valence-electron chi connectivity index (χ2n) is 4.13. The number of hydrogen-bond acceptors (Lipinski definition) is 3. The largest absolute Gasteiger partial charge is 0.457 e. The van der Waals surface area contributed by atoms with Crippen LogP contribution in [0, 0.1) is 11.6 Å². The summed E-state index contributed by atoms with van der Waals surface area (Å²) < 4.78 is 31.8. The minimum absolute atomic E-state index is 0.0120. The Balaban J connectivity index is 2.08. The number of halogens is 3. The number of nitrogen functional groups attached to an aromatic ring is 1. The van der Waals surface area contributed by atoms with Gasteiger partial charge < -0.3 is 10.5 Å². The van der Waals surface area contributed by atoms with Crippen molar-refractivity contribution < 1.29 is 18.3 Å². The number of ether oxygens (including phenoxy) is 1. The lowest BCUT2D eigenvalue weighted by Gasteiger charge is -2.06. The molecule has 0 spiro atoms. The average molecular weight is 342 g/mol. The number of rotatable bonds is 3. The Morgan fingerprint density at radius 2 is 1.80 bits per heavy atom. The molecule has 0 atom stereocenters. The molecule has 3 nitrogen and oxygen atoms in total. The number of esters is 1. The topological polar surface area (TPSA) is 52.3 Å². The normalized spacial score (nSPS) is 10.3. The highest BCUT2D eigenvalue weighted by atomic mass is 79.9. The zero-order valence-corrected chi connectivity index (χ0v) is 11.8. The second-order valence-corrected chi connectivity index (χ2v) is 5.04. The van der Waals surface area contributed by atoms with Gasteiger partial charge in [0.25, 0.3) is 0 Å². The first-order valence-electron chi connectivity index (χ1n) is 5.62. The van der Waals surface area contributed by atoms with E-state index >= 15 is 0 Å². The van der Waals surface area contributed by atoms with Crippen LogP contribution in [0.25, 0.3) is 0 Å². The summed E-state index contributed by atoms with van der Waals surface area (Å²) in [6.45, 7) is -0.119. The first-order chi connectivity index (χ1) is 9.44. The minimum Gasteiger partial charge on any atom is -0.457 e. The Hall–Kier alpha value is -1.95. The molecule has 0 aromatic heterocycles. The maximum atomic E-state index is 13.1. The minimum atomic E-state index is -0.725. The molecule has 0 saturated carbocycles. The van der Waals surface area contributed by atoms with Gasteiger partial charge in [-0.15, -0.1) is 0 Å². The van der Waals surface area contributed by atoms with Crippen molar-refractivity contribution >= 4 is 27.6 Å². The van der Waals surface area contributed by atoms with Gasteiger partial charge in [-0.2, -0.15) is 0 Å². The maximum absolute atomic E-state index is 13.1. The first-order valence-corrected chi connectivity index (χ1v) is 6.41. The summed E-state index contributed by atoms with van der Waals surface area (Å²) in [5, 5.41) is 0. The Morgan fingerprint density at radius 1 is 1.10 bits per heavy atom. The van der Waals surface area contributed by atoms with Crippen LogP contribution in [0.3, 0.4) is 0 Å². The highest BCUT2D eigenvalue weighted by Gasteiger charge is 2.10. The summed E-state index contributed by atoms with van der Waals surface area (Å²) in [6, 6.07) is 7.60. The van der Waals surface area contributed by atoms with E-state index in [1.807, 2.05) is 0 Å². The van der Waals surface area contributed by atoms with Crippen LogP contribution in [0.1, 0.15) is 15.9 Å². The molecule has 0 fully saturated rings. The van der Waals surface area contributed by atoms with Crippen molar-refractivity contribution in [1.82, 2.24) is 0 Å². The third kappa shape index (κ3) is 3.77. The van der Waals surface area contributed by atoms with E-state index in [0.29, 0.717) is 10.0 Å². The number of benzene rings is 2. The molecule has 0 radical (unpaired) electrons. The fourth-order valence-corrected chi connectivity index (χ4v) is 2.17. The lowest BCUT2D eigenvalue weighted by Crippen LogP contribution is -2.06. The number of carbonyl (C=O) groups excluding carboxylic acids is 1. The molecular formula is C14H10BrF2NO2. The number of hydrogen-bond donors (Lipinski definition) is 1. The van der Waals surface area contributed by atoms with Crippen LogP contribution in [-0.4, -0.2) is 5.97 Å². The second kappa shape index (κ2) is 6.00. The molecule has 6 heteroatoms. The summed E-state index contributed by atoms with van der Waals surface area (Å²) in [4.78, 5) is 11.7. The molecule has 2 aromatic rings. The van der Waals surface area contributed by atoms with Gasteiger partial charge in [-0.05, 0) is 42.0 Å². The van der Waals surface area contributed by atoms with Crippen molar-refractivity contribution in [2.75, 3.05) is 5.73 Å². The van der Waals surface area contributed by atoms with Crippen molar-refractivity contribution in [3.8, 4) is 0 Å². The molecule has 2 aromatic carbocycles. The quantitative estimate of drug-likeness (QED) is 0.684. The first kappa shape index (κ1) is 14.5. The SMILES string of the molecule is Nc1cc(F)cc(C(=O)OCc2cc(F)cc(Br)c2)c1. The maximum Gasteiger partial charge on any atom is 0.338 e. The van der Waals surface area contributed by atoms with Crippen LogP contribution in [0.5, 0.6) is 0 Å². The molecule has 0 unspecified atom stereocenters. The van der Waals surface area contributed by atoms with Crippen LogP contribution in [0.2, 0.25) is 0 Å². The lowest BCUT2D eigenvalue weighted by molar-refractivity contribution is 0.0471. The van der Waals surface area contributed by atoms with Gasteiger partial charge in [0.2, 0.25) is 0 Å². The molecule has 0 heterocycles. The Morgan fingerprint density at radius 3 is 2.45 bits per heavy atom. The van der Waals surface area contributed by atoms with E-state index in [4.69, 9.17) is 10.5 Å². The highest BCUT2D eigenvalue weighted by molar-refractivity contribution is 9.10. The standard InChI is InChI=1S/C14H10BrF2NO2/c15-10-1-8(2-11(16)5-10)7-20-14(19)9-3-12(17)6-13(18)4-9/h1-6H,7,18H2. The molecule has 104 valence electrons. The molecule has 0 bridgehead atoms. The predicted octanol–water partition coefficient (Wildman–Crippen LogP) is 3.67. The van der Waals surface area contributed by atoms with Crippen LogP contribution in [-0.2, 0) is 11.3 Å². The van der Waals surface area contributed by atoms with Crippen molar-refractivity contribution in [3.05, 3.63) is 63.6 Å². The molecule has 0 aliphatic carbocycles. The van der Waals surface area contributed by atoms with Gasteiger partial charge in [0.15, 0.2) is 0 Å². The Kier molecular flexibility index (Phi) is 4.34. The zero-order valence-electron chi connectivity index (χ0n) is 10.2. The smallest absolute Gasteiger partial charge is 0.338 e. The van der Waals surface area contributed by atoms with E-state index < -0.39 is 17.6 Å².